The average Bonchev–Trinajstić information content (AvgIpc) is 2.41. The first-order valence-electron chi connectivity index (χ1n) is 5.88. The molecule has 3 nitrogen and oxygen atoms in total. The number of hydrogen-bond donors (Lipinski definition) is 2. The van der Waals surface area contributed by atoms with Gasteiger partial charge in [-0.3, -0.25) is 0 Å². The molecule has 0 spiro atoms. The van der Waals surface area contributed by atoms with Gasteiger partial charge in [0.15, 0.2) is 0 Å². The molecule has 1 aliphatic heterocycles. The van der Waals surface area contributed by atoms with Crippen LogP contribution in [-0.2, 0) is 4.74 Å². The van der Waals surface area contributed by atoms with Crippen molar-refractivity contribution in [1.82, 2.24) is 5.32 Å². The van der Waals surface area contributed by atoms with E-state index >= 15 is 0 Å². The number of ether oxygens (including phenoxy) is 1. The Balaban J connectivity index is 2.20. The van der Waals surface area contributed by atoms with Gasteiger partial charge in [0, 0.05) is 19.6 Å². The van der Waals surface area contributed by atoms with Crippen LogP contribution in [0.5, 0.6) is 0 Å². The fraction of sp³-hybridized carbons (Fsp3) is 1.00. The van der Waals surface area contributed by atoms with Crippen molar-refractivity contribution in [2.24, 2.45) is 5.41 Å². The van der Waals surface area contributed by atoms with Crippen LogP contribution in [0.15, 0.2) is 0 Å². The predicted molar refractivity (Wildman–Crippen MR) is 61.9 cm³/mol. The molecule has 0 radical (unpaired) electrons. The molecule has 3 heteroatoms. The lowest BCUT2D eigenvalue weighted by Crippen LogP contribution is -2.46. The van der Waals surface area contributed by atoms with Gasteiger partial charge in [0.2, 0.25) is 0 Å². The van der Waals surface area contributed by atoms with E-state index in [1.54, 1.807) is 0 Å². The van der Waals surface area contributed by atoms with Crippen LogP contribution in [0.4, 0.5) is 0 Å². The molecule has 1 fully saturated rings. The lowest BCUT2D eigenvalue weighted by atomic mass is 9.92. The molecule has 0 saturated carbocycles. The molecule has 15 heavy (non-hydrogen) atoms. The van der Waals surface area contributed by atoms with Crippen LogP contribution in [-0.4, -0.2) is 36.5 Å². The summed E-state index contributed by atoms with van der Waals surface area (Å²) < 4.78 is 5.38. The summed E-state index contributed by atoms with van der Waals surface area (Å²) in [6.07, 6.45) is 1.83. The van der Waals surface area contributed by atoms with Gasteiger partial charge in [-0.1, -0.05) is 20.8 Å². The van der Waals surface area contributed by atoms with Crippen LogP contribution < -0.4 is 5.32 Å². The Labute approximate surface area is 93.2 Å². The van der Waals surface area contributed by atoms with Gasteiger partial charge < -0.3 is 15.2 Å². The lowest BCUT2D eigenvalue weighted by molar-refractivity contribution is -0.0262. The van der Waals surface area contributed by atoms with Gasteiger partial charge in [0.1, 0.15) is 5.60 Å². The van der Waals surface area contributed by atoms with Crippen molar-refractivity contribution in [2.45, 2.75) is 52.2 Å². The third kappa shape index (κ3) is 4.09. The first-order chi connectivity index (χ1) is 6.83. The fourth-order valence-corrected chi connectivity index (χ4v) is 1.77. The molecule has 1 rings (SSSR count). The number of nitrogens with one attached hydrogen (secondary N) is 1. The maximum Gasteiger partial charge on any atom is 0.105 e. The summed E-state index contributed by atoms with van der Waals surface area (Å²) in [6, 6.07) is 0. The van der Waals surface area contributed by atoms with Gasteiger partial charge in [-0.15, -0.1) is 0 Å². The second kappa shape index (κ2) is 4.81. The molecule has 0 aromatic carbocycles. The molecule has 0 aromatic rings. The molecule has 2 unspecified atom stereocenters. The van der Waals surface area contributed by atoms with Gasteiger partial charge in [0.25, 0.3) is 0 Å². The van der Waals surface area contributed by atoms with E-state index in [4.69, 9.17) is 4.74 Å². The van der Waals surface area contributed by atoms with E-state index in [1.165, 1.54) is 0 Å². The zero-order valence-corrected chi connectivity index (χ0v) is 10.5. The smallest absolute Gasteiger partial charge is 0.105 e. The van der Waals surface area contributed by atoms with Gasteiger partial charge >= 0.3 is 0 Å². The lowest BCUT2D eigenvalue weighted by Gasteiger charge is -2.27. The van der Waals surface area contributed by atoms with E-state index in [-0.39, 0.29) is 6.10 Å². The highest BCUT2D eigenvalue weighted by atomic mass is 16.5. The first-order valence-corrected chi connectivity index (χ1v) is 5.88. The zero-order valence-electron chi connectivity index (χ0n) is 10.5. The molecule has 1 heterocycles. The van der Waals surface area contributed by atoms with Crippen LogP contribution in [0, 0.1) is 5.41 Å². The highest BCUT2D eigenvalue weighted by Crippen LogP contribution is 2.25. The summed E-state index contributed by atoms with van der Waals surface area (Å²) in [5.41, 5.74) is -0.300. The Morgan fingerprint density at radius 3 is 2.60 bits per heavy atom. The summed E-state index contributed by atoms with van der Waals surface area (Å²) in [6.45, 7) is 10.9. The van der Waals surface area contributed by atoms with Crippen LogP contribution in [0.2, 0.25) is 0 Å². The maximum atomic E-state index is 10.2. The quantitative estimate of drug-likeness (QED) is 0.699. The van der Waals surface area contributed by atoms with Crippen molar-refractivity contribution in [3.63, 3.8) is 0 Å². The van der Waals surface area contributed by atoms with Gasteiger partial charge in [0.05, 0.1) is 6.10 Å². The second-order valence-electron chi connectivity index (χ2n) is 5.85. The normalized spacial score (nSPS) is 32.2. The van der Waals surface area contributed by atoms with Crippen molar-refractivity contribution < 1.29 is 9.84 Å². The summed E-state index contributed by atoms with van der Waals surface area (Å²) in [5, 5.41) is 13.5. The molecule has 1 saturated heterocycles. The Hall–Kier alpha value is -0.120. The minimum Gasteiger partial charge on any atom is -0.386 e. The zero-order chi connectivity index (χ0) is 11.5. The van der Waals surface area contributed by atoms with Crippen molar-refractivity contribution in [3.8, 4) is 0 Å². The number of hydrogen-bond acceptors (Lipinski definition) is 3. The molecule has 0 aliphatic carbocycles. The van der Waals surface area contributed by atoms with E-state index in [0.29, 0.717) is 18.6 Å². The summed E-state index contributed by atoms with van der Waals surface area (Å²) in [4.78, 5) is 0. The average molecular weight is 215 g/mol. The van der Waals surface area contributed by atoms with Crippen LogP contribution >= 0.6 is 0 Å². The third-order valence-corrected chi connectivity index (χ3v) is 3.14. The molecule has 0 bridgehead atoms. The SMILES string of the molecule is CC1OCCC1(O)CNCCC(C)(C)C. The number of aliphatic hydroxyl groups is 1. The van der Waals surface area contributed by atoms with E-state index in [1.807, 2.05) is 6.92 Å². The molecular weight excluding hydrogens is 190 g/mol. The Morgan fingerprint density at radius 2 is 2.13 bits per heavy atom. The van der Waals surface area contributed by atoms with E-state index < -0.39 is 5.60 Å². The minimum absolute atomic E-state index is 0.0420. The molecule has 90 valence electrons. The Kier molecular flexibility index (Phi) is 4.15. The van der Waals surface area contributed by atoms with Gasteiger partial charge in [-0.25, -0.2) is 0 Å². The third-order valence-electron chi connectivity index (χ3n) is 3.14. The summed E-state index contributed by atoms with van der Waals surface area (Å²) in [5.74, 6) is 0. The van der Waals surface area contributed by atoms with Gasteiger partial charge in [-0.05, 0) is 25.3 Å². The molecule has 2 atom stereocenters. The number of rotatable bonds is 4. The molecular formula is C12H25NO2. The fourth-order valence-electron chi connectivity index (χ4n) is 1.77. The van der Waals surface area contributed by atoms with E-state index in [2.05, 4.69) is 26.1 Å². The Morgan fingerprint density at radius 1 is 1.47 bits per heavy atom. The Bertz CT molecular complexity index is 200. The van der Waals surface area contributed by atoms with Crippen LogP contribution in [0.1, 0.15) is 40.5 Å². The predicted octanol–water partition coefficient (Wildman–Crippen LogP) is 1.55. The van der Waals surface area contributed by atoms with E-state index in [9.17, 15) is 5.11 Å². The van der Waals surface area contributed by atoms with Crippen molar-refractivity contribution >= 4 is 0 Å². The first kappa shape index (κ1) is 12.9. The van der Waals surface area contributed by atoms with Gasteiger partial charge in [-0.2, -0.15) is 0 Å². The molecule has 1 aliphatic rings. The standard InChI is InChI=1S/C12H25NO2/c1-10-12(14,6-8-15-10)9-13-7-5-11(2,3)4/h10,13-14H,5-9H2,1-4H3. The largest absolute Gasteiger partial charge is 0.386 e. The van der Waals surface area contributed by atoms with Crippen molar-refractivity contribution in [1.29, 1.82) is 0 Å². The van der Waals surface area contributed by atoms with Crippen molar-refractivity contribution in [3.05, 3.63) is 0 Å². The summed E-state index contributed by atoms with van der Waals surface area (Å²) >= 11 is 0. The topological polar surface area (TPSA) is 41.5 Å². The second-order valence-corrected chi connectivity index (χ2v) is 5.85. The van der Waals surface area contributed by atoms with Crippen LogP contribution in [0.25, 0.3) is 0 Å². The van der Waals surface area contributed by atoms with E-state index in [0.717, 1.165) is 19.4 Å². The highest BCUT2D eigenvalue weighted by Gasteiger charge is 2.38. The van der Waals surface area contributed by atoms with Crippen molar-refractivity contribution in [2.75, 3.05) is 19.7 Å². The molecule has 2 N–H and O–H groups in total. The molecule has 0 amide bonds. The minimum atomic E-state index is -0.655. The van der Waals surface area contributed by atoms with Crippen LogP contribution in [0.3, 0.4) is 0 Å². The monoisotopic (exact) mass is 215 g/mol. The summed E-state index contributed by atoms with van der Waals surface area (Å²) in [7, 11) is 0. The molecule has 0 aromatic heterocycles. The maximum absolute atomic E-state index is 10.2. The highest BCUT2D eigenvalue weighted by molar-refractivity contribution is 4.91.